The second-order valence-corrected chi connectivity index (χ2v) is 5.69. The predicted molar refractivity (Wildman–Crippen MR) is 80.2 cm³/mol. The predicted octanol–water partition coefficient (Wildman–Crippen LogP) is 4.08. The van der Waals surface area contributed by atoms with Crippen molar-refractivity contribution < 1.29 is 0 Å². The lowest BCUT2D eigenvalue weighted by Crippen LogP contribution is -2.26. The molecule has 0 amide bonds. The largest absolute Gasteiger partial charge is 0.303 e. The molecular weight excluding hydrogens is 230 g/mol. The SMILES string of the molecule is Cc1ccccc1C(NC1CC1C)c1ccccc1. The van der Waals surface area contributed by atoms with Gasteiger partial charge >= 0.3 is 0 Å². The second kappa shape index (κ2) is 5.18. The minimum absolute atomic E-state index is 0.317. The van der Waals surface area contributed by atoms with Crippen molar-refractivity contribution in [2.75, 3.05) is 0 Å². The summed E-state index contributed by atoms with van der Waals surface area (Å²) in [5.74, 6) is 0.815. The summed E-state index contributed by atoms with van der Waals surface area (Å²) < 4.78 is 0. The molecule has 1 saturated carbocycles. The van der Waals surface area contributed by atoms with Gasteiger partial charge in [-0.2, -0.15) is 0 Å². The molecule has 3 atom stereocenters. The van der Waals surface area contributed by atoms with Gasteiger partial charge < -0.3 is 5.32 Å². The van der Waals surface area contributed by atoms with Gasteiger partial charge in [-0.25, -0.2) is 0 Å². The molecule has 0 aromatic heterocycles. The van der Waals surface area contributed by atoms with Crippen molar-refractivity contribution in [2.45, 2.75) is 32.4 Å². The van der Waals surface area contributed by atoms with Gasteiger partial charge in [0.05, 0.1) is 6.04 Å². The van der Waals surface area contributed by atoms with Crippen LogP contribution in [-0.4, -0.2) is 6.04 Å². The van der Waals surface area contributed by atoms with Crippen LogP contribution in [0.25, 0.3) is 0 Å². The average molecular weight is 251 g/mol. The molecule has 0 aliphatic heterocycles. The zero-order chi connectivity index (χ0) is 13.2. The molecule has 1 nitrogen and oxygen atoms in total. The van der Waals surface area contributed by atoms with Crippen LogP contribution < -0.4 is 5.32 Å². The number of aryl methyl sites for hydroxylation is 1. The Morgan fingerprint density at radius 1 is 1.00 bits per heavy atom. The molecule has 0 bridgehead atoms. The Morgan fingerprint density at radius 3 is 2.26 bits per heavy atom. The molecule has 19 heavy (non-hydrogen) atoms. The third-order valence-corrected chi connectivity index (χ3v) is 4.12. The second-order valence-electron chi connectivity index (χ2n) is 5.69. The van der Waals surface area contributed by atoms with Crippen molar-refractivity contribution in [1.82, 2.24) is 5.32 Å². The minimum Gasteiger partial charge on any atom is -0.303 e. The highest BCUT2D eigenvalue weighted by molar-refractivity contribution is 5.37. The highest BCUT2D eigenvalue weighted by Crippen LogP contribution is 2.34. The summed E-state index contributed by atoms with van der Waals surface area (Å²) in [6.07, 6.45) is 1.30. The first kappa shape index (κ1) is 12.4. The van der Waals surface area contributed by atoms with Crippen LogP contribution in [0.3, 0.4) is 0 Å². The summed E-state index contributed by atoms with van der Waals surface area (Å²) in [4.78, 5) is 0. The average Bonchev–Trinajstić information content (AvgIpc) is 3.14. The molecule has 0 saturated heterocycles. The van der Waals surface area contributed by atoms with Gasteiger partial charge in [-0.05, 0) is 36.0 Å². The molecule has 1 aliphatic rings. The summed E-state index contributed by atoms with van der Waals surface area (Å²) in [5, 5.41) is 3.81. The molecule has 0 radical (unpaired) electrons. The van der Waals surface area contributed by atoms with E-state index in [1.807, 2.05) is 0 Å². The van der Waals surface area contributed by atoms with Crippen LogP contribution in [-0.2, 0) is 0 Å². The van der Waals surface area contributed by atoms with Gasteiger partial charge in [0.2, 0.25) is 0 Å². The fraction of sp³-hybridized carbons (Fsp3) is 0.333. The van der Waals surface area contributed by atoms with Gasteiger partial charge in [0.25, 0.3) is 0 Å². The zero-order valence-corrected chi connectivity index (χ0v) is 11.6. The first-order valence-electron chi connectivity index (χ1n) is 7.12. The molecule has 1 aliphatic carbocycles. The first-order chi connectivity index (χ1) is 9.25. The van der Waals surface area contributed by atoms with E-state index in [1.54, 1.807) is 0 Å². The molecule has 98 valence electrons. The topological polar surface area (TPSA) is 12.0 Å². The zero-order valence-electron chi connectivity index (χ0n) is 11.6. The molecule has 3 rings (SSSR count). The number of benzene rings is 2. The number of nitrogens with one attached hydrogen (secondary N) is 1. The molecule has 2 aromatic carbocycles. The van der Waals surface area contributed by atoms with Crippen molar-refractivity contribution >= 4 is 0 Å². The number of hydrogen-bond donors (Lipinski definition) is 1. The van der Waals surface area contributed by atoms with E-state index in [9.17, 15) is 0 Å². The van der Waals surface area contributed by atoms with E-state index in [0.29, 0.717) is 12.1 Å². The van der Waals surface area contributed by atoms with Crippen molar-refractivity contribution in [1.29, 1.82) is 0 Å². The molecule has 0 spiro atoms. The lowest BCUT2D eigenvalue weighted by atomic mass is 9.95. The standard InChI is InChI=1S/C18H21N/c1-13-8-6-7-11-16(13)18(19-17-12-14(17)2)15-9-4-3-5-10-15/h3-11,14,17-19H,12H2,1-2H3. The number of rotatable bonds is 4. The van der Waals surface area contributed by atoms with Crippen LogP contribution in [0, 0.1) is 12.8 Å². The van der Waals surface area contributed by atoms with Gasteiger partial charge in [0.1, 0.15) is 0 Å². The molecule has 2 aromatic rings. The summed E-state index contributed by atoms with van der Waals surface area (Å²) in [6, 6.07) is 20.4. The highest BCUT2D eigenvalue weighted by atomic mass is 15.0. The van der Waals surface area contributed by atoms with Crippen molar-refractivity contribution in [2.24, 2.45) is 5.92 Å². The van der Waals surface area contributed by atoms with Crippen LogP contribution in [0.5, 0.6) is 0 Å². The molecule has 3 unspecified atom stereocenters. The number of hydrogen-bond acceptors (Lipinski definition) is 1. The minimum atomic E-state index is 0.317. The Balaban J connectivity index is 1.94. The normalized spacial score (nSPS) is 23.1. The third-order valence-electron chi connectivity index (χ3n) is 4.12. The van der Waals surface area contributed by atoms with Gasteiger partial charge in [-0.1, -0.05) is 61.5 Å². The van der Waals surface area contributed by atoms with Crippen LogP contribution in [0.4, 0.5) is 0 Å². The lowest BCUT2D eigenvalue weighted by molar-refractivity contribution is 0.576. The fourth-order valence-electron chi connectivity index (χ4n) is 2.69. The third kappa shape index (κ3) is 2.71. The summed E-state index contributed by atoms with van der Waals surface area (Å²) >= 11 is 0. The Kier molecular flexibility index (Phi) is 3.39. The van der Waals surface area contributed by atoms with Gasteiger partial charge in [0, 0.05) is 6.04 Å². The maximum absolute atomic E-state index is 3.81. The molecular formula is C18H21N. The summed E-state index contributed by atoms with van der Waals surface area (Å²) in [7, 11) is 0. The van der Waals surface area contributed by atoms with Gasteiger partial charge in [-0.15, -0.1) is 0 Å². The van der Waals surface area contributed by atoms with E-state index in [0.717, 1.165) is 5.92 Å². The fourth-order valence-corrected chi connectivity index (χ4v) is 2.69. The van der Waals surface area contributed by atoms with Crippen molar-refractivity contribution in [3.63, 3.8) is 0 Å². The van der Waals surface area contributed by atoms with E-state index in [1.165, 1.54) is 23.1 Å². The monoisotopic (exact) mass is 251 g/mol. The Morgan fingerprint density at radius 2 is 1.63 bits per heavy atom. The smallest absolute Gasteiger partial charge is 0.0581 e. The van der Waals surface area contributed by atoms with Crippen molar-refractivity contribution in [3.8, 4) is 0 Å². The van der Waals surface area contributed by atoms with E-state index < -0.39 is 0 Å². The van der Waals surface area contributed by atoms with Gasteiger partial charge in [0.15, 0.2) is 0 Å². The Bertz CT molecular complexity index is 547. The molecule has 1 fully saturated rings. The quantitative estimate of drug-likeness (QED) is 0.863. The van der Waals surface area contributed by atoms with Crippen LogP contribution in [0.2, 0.25) is 0 Å². The molecule has 0 heterocycles. The van der Waals surface area contributed by atoms with Crippen LogP contribution in [0.1, 0.15) is 36.1 Å². The van der Waals surface area contributed by atoms with E-state index >= 15 is 0 Å². The van der Waals surface area contributed by atoms with E-state index in [-0.39, 0.29) is 0 Å². The van der Waals surface area contributed by atoms with Crippen molar-refractivity contribution in [3.05, 3.63) is 71.3 Å². The Labute approximate surface area is 115 Å². The van der Waals surface area contributed by atoms with Crippen LogP contribution >= 0.6 is 0 Å². The van der Waals surface area contributed by atoms with Gasteiger partial charge in [-0.3, -0.25) is 0 Å². The van der Waals surface area contributed by atoms with E-state index in [2.05, 4.69) is 73.8 Å². The maximum Gasteiger partial charge on any atom is 0.0581 e. The summed E-state index contributed by atoms with van der Waals surface area (Å²) in [5.41, 5.74) is 4.11. The van der Waals surface area contributed by atoms with Crippen LogP contribution in [0.15, 0.2) is 54.6 Å². The summed E-state index contributed by atoms with van der Waals surface area (Å²) in [6.45, 7) is 4.51. The first-order valence-corrected chi connectivity index (χ1v) is 7.12. The molecule has 1 heteroatoms. The Hall–Kier alpha value is -1.60. The lowest BCUT2D eigenvalue weighted by Gasteiger charge is -2.22. The molecule has 1 N–H and O–H groups in total. The highest BCUT2D eigenvalue weighted by Gasteiger charge is 2.34. The maximum atomic E-state index is 3.81. The van der Waals surface area contributed by atoms with E-state index in [4.69, 9.17) is 0 Å².